The van der Waals surface area contributed by atoms with Crippen molar-refractivity contribution in [3.8, 4) is 11.5 Å². The molecule has 2 aromatic rings. The van der Waals surface area contributed by atoms with Gasteiger partial charge in [0, 0.05) is 19.3 Å². The van der Waals surface area contributed by atoms with Crippen molar-refractivity contribution in [2.75, 3.05) is 13.7 Å². The summed E-state index contributed by atoms with van der Waals surface area (Å²) in [5, 5.41) is 3.89. The third-order valence-corrected chi connectivity index (χ3v) is 3.22. The molecule has 0 aliphatic rings. The molecule has 4 nitrogen and oxygen atoms in total. The van der Waals surface area contributed by atoms with Crippen LogP contribution in [0.15, 0.2) is 36.5 Å². The monoisotopic (exact) mass is 341 g/mol. The summed E-state index contributed by atoms with van der Waals surface area (Å²) in [6.45, 7) is 3.85. The number of hydrogen-bond acceptors (Lipinski definition) is 4. The molecule has 0 bridgehead atoms. The minimum absolute atomic E-state index is 0. The number of nitrogens with one attached hydrogen (secondary N) is 1. The summed E-state index contributed by atoms with van der Waals surface area (Å²) in [7, 11) is 1.61. The van der Waals surface area contributed by atoms with Gasteiger partial charge in [0.05, 0.1) is 24.4 Å². The van der Waals surface area contributed by atoms with Gasteiger partial charge in [-0.1, -0.05) is 17.7 Å². The average Bonchev–Trinajstić information content (AvgIpc) is 2.51. The number of methoxy groups -OCH3 is 1. The molecule has 1 heterocycles. The number of aromatic nitrogens is 1. The first kappa shape index (κ1) is 18.6. The third kappa shape index (κ3) is 5.05. The van der Waals surface area contributed by atoms with Gasteiger partial charge >= 0.3 is 0 Å². The smallest absolute Gasteiger partial charge is 0.179 e. The van der Waals surface area contributed by atoms with Crippen LogP contribution in [-0.2, 0) is 13.1 Å². The van der Waals surface area contributed by atoms with Crippen molar-refractivity contribution in [3.05, 3.63) is 52.8 Å². The molecule has 2 rings (SSSR count). The Morgan fingerprint density at radius 2 is 2.05 bits per heavy atom. The summed E-state index contributed by atoms with van der Waals surface area (Å²) in [6.07, 6.45) is 1.79. The molecular weight excluding hydrogens is 323 g/mol. The summed E-state index contributed by atoms with van der Waals surface area (Å²) in [6, 6.07) is 9.68. The molecule has 22 heavy (non-hydrogen) atoms. The molecule has 1 aromatic heterocycles. The Labute approximate surface area is 142 Å². The second-order valence-electron chi connectivity index (χ2n) is 4.47. The molecule has 0 radical (unpaired) electrons. The summed E-state index contributed by atoms with van der Waals surface area (Å²) in [4.78, 5) is 4.27. The van der Waals surface area contributed by atoms with Gasteiger partial charge in [-0.2, -0.15) is 0 Å². The Morgan fingerprint density at radius 3 is 2.68 bits per heavy atom. The Kier molecular flexibility index (Phi) is 8.02. The molecule has 0 amide bonds. The first-order chi connectivity index (χ1) is 10.2. The number of rotatable bonds is 7. The third-order valence-electron chi connectivity index (χ3n) is 2.94. The lowest BCUT2D eigenvalue weighted by molar-refractivity contribution is -0.00000506. The number of pyridine rings is 1. The van der Waals surface area contributed by atoms with E-state index in [1.165, 1.54) is 0 Å². The fourth-order valence-corrected chi connectivity index (χ4v) is 2.29. The zero-order valence-electron chi connectivity index (χ0n) is 12.6. The fourth-order valence-electron chi connectivity index (χ4n) is 2.00. The van der Waals surface area contributed by atoms with Gasteiger partial charge in [0.15, 0.2) is 11.5 Å². The van der Waals surface area contributed by atoms with Crippen LogP contribution in [0.3, 0.4) is 0 Å². The van der Waals surface area contributed by atoms with E-state index in [1.807, 2.05) is 37.3 Å². The maximum atomic E-state index is 6.24. The van der Waals surface area contributed by atoms with Gasteiger partial charge in [0.1, 0.15) is 0 Å². The van der Waals surface area contributed by atoms with Gasteiger partial charge in [0.2, 0.25) is 0 Å². The molecule has 0 aliphatic carbocycles. The maximum absolute atomic E-state index is 6.24. The first-order valence-corrected chi connectivity index (χ1v) is 7.22. The van der Waals surface area contributed by atoms with Gasteiger partial charge in [-0.05, 0) is 36.8 Å². The highest BCUT2D eigenvalue weighted by Gasteiger charge is 2.11. The van der Waals surface area contributed by atoms with Crippen LogP contribution in [0.1, 0.15) is 18.2 Å². The van der Waals surface area contributed by atoms with E-state index in [9.17, 15) is 0 Å². The van der Waals surface area contributed by atoms with Crippen LogP contribution in [0.2, 0.25) is 5.02 Å². The predicted molar refractivity (Wildman–Crippen MR) is 84.0 cm³/mol. The van der Waals surface area contributed by atoms with Gasteiger partial charge < -0.3 is 27.2 Å². The molecule has 0 saturated heterocycles. The topological polar surface area (TPSA) is 43.4 Å². The molecule has 1 N–H and O–H groups in total. The van der Waals surface area contributed by atoms with Crippen molar-refractivity contribution >= 4 is 11.6 Å². The van der Waals surface area contributed by atoms with E-state index in [4.69, 9.17) is 21.1 Å². The van der Waals surface area contributed by atoms with Crippen LogP contribution >= 0.6 is 11.6 Å². The number of ether oxygens (including phenoxy) is 2. The van der Waals surface area contributed by atoms with E-state index in [0.717, 1.165) is 11.3 Å². The minimum Gasteiger partial charge on any atom is -1.00 e. The Bertz CT molecular complexity index is 580. The van der Waals surface area contributed by atoms with Crippen molar-refractivity contribution < 1.29 is 21.9 Å². The van der Waals surface area contributed by atoms with Crippen LogP contribution in [0, 0.1) is 0 Å². The highest BCUT2D eigenvalue weighted by atomic mass is 35.5. The van der Waals surface area contributed by atoms with E-state index in [1.54, 1.807) is 13.3 Å². The van der Waals surface area contributed by atoms with Crippen LogP contribution < -0.4 is 27.2 Å². The van der Waals surface area contributed by atoms with Crippen molar-refractivity contribution in [2.24, 2.45) is 0 Å². The molecular formula is C16H19Cl2N2O2-. The first-order valence-electron chi connectivity index (χ1n) is 6.84. The lowest BCUT2D eigenvalue weighted by atomic mass is 10.2. The summed E-state index contributed by atoms with van der Waals surface area (Å²) in [5.41, 5.74) is 2.04. The van der Waals surface area contributed by atoms with E-state index >= 15 is 0 Å². The molecule has 6 heteroatoms. The van der Waals surface area contributed by atoms with E-state index in [0.29, 0.717) is 36.2 Å². The van der Waals surface area contributed by atoms with Gasteiger partial charge in [-0.25, -0.2) is 0 Å². The SMILES string of the molecule is CCOc1c(Cl)cc(CNCc2ccccn2)cc1OC.[Cl-]. The lowest BCUT2D eigenvalue weighted by Gasteiger charge is -2.13. The number of hydrogen-bond donors (Lipinski definition) is 1. The molecule has 0 fully saturated rings. The number of benzene rings is 1. The fraction of sp³-hybridized carbons (Fsp3) is 0.312. The Morgan fingerprint density at radius 1 is 1.23 bits per heavy atom. The zero-order chi connectivity index (χ0) is 15.1. The molecule has 0 saturated carbocycles. The highest BCUT2D eigenvalue weighted by molar-refractivity contribution is 6.32. The molecule has 0 spiro atoms. The largest absolute Gasteiger partial charge is 1.00 e. The van der Waals surface area contributed by atoms with Gasteiger partial charge in [0.25, 0.3) is 0 Å². The molecule has 120 valence electrons. The minimum atomic E-state index is 0. The quantitative estimate of drug-likeness (QED) is 0.793. The standard InChI is InChI=1S/C16H19ClN2O2.ClH/c1-3-21-16-14(17)8-12(9-15(16)20-2)10-18-11-13-6-4-5-7-19-13;/h4-9,18H,3,10-11H2,1-2H3;1H/p-1. The van der Waals surface area contributed by atoms with Crippen LogP contribution in [0.5, 0.6) is 11.5 Å². The Hall–Kier alpha value is -1.49. The second kappa shape index (κ2) is 9.51. The highest BCUT2D eigenvalue weighted by Crippen LogP contribution is 2.36. The van der Waals surface area contributed by atoms with Crippen LogP contribution in [0.4, 0.5) is 0 Å². The van der Waals surface area contributed by atoms with Crippen LogP contribution in [-0.4, -0.2) is 18.7 Å². The molecule has 0 aliphatic heterocycles. The second-order valence-corrected chi connectivity index (χ2v) is 4.87. The number of nitrogens with zero attached hydrogens (tertiary/aromatic N) is 1. The summed E-state index contributed by atoms with van der Waals surface area (Å²) >= 11 is 6.24. The van der Waals surface area contributed by atoms with Crippen molar-refractivity contribution in [1.82, 2.24) is 10.3 Å². The van der Waals surface area contributed by atoms with Gasteiger partial charge in [-0.15, -0.1) is 0 Å². The van der Waals surface area contributed by atoms with Gasteiger partial charge in [-0.3, -0.25) is 4.98 Å². The van der Waals surface area contributed by atoms with E-state index in [-0.39, 0.29) is 12.4 Å². The van der Waals surface area contributed by atoms with Crippen molar-refractivity contribution in [2.45, 2.75) is 20.0 Å². The normalized spacial score (nSPS) is 9.95. The van der Waals surface area contributed by atoms with Crippen molar-refractivity contribution in [1.29, 1.82) is 0 Å². The molecule has 0 unspecified atom stereocenters. The molecule has 0 atom stereocenters. The lowest BCUT2D eigenvalue weighted by Crippen LogP contribution is -3.00. The maximum Gasteiger partial charge on any atom is 0.179 e. The van der Waals surface area contributed by atoms with E-state index < -0.39 is 0 Å². The predicted octanol–water partition coefficient (Wildman–Crippen LogP) is 0.436. The summed E-state index contributed by atoms with van der Waals surface area (Å²) in [5.74, 6) is 1.24. The van der Waals surface area contributed by atoms with E-state index in [2.05, 4.69) is 10.3 Å². The molecule has 1 aromatic carbocycles. The summed E-state index contributed by atoms with van der Waals surface area (Å²) < 4.78 is 10.8. The Balaban J connectivity index is 0.00000242. The van der Waals surface area contributed by atoms with Crippen LogP contribution in [0.25, 0.3) is 0 Å². The zero-order valence-corrected chi connectivity index (χ0v) is 14.1. The van der Waals surface area contributed by atoms with Crippen molar-refractivity contribution in [3.63, 3.8) is 0 Å². The average molecular weight is 342 g/mol. The number of halogens is 2.